The first kappa shape index (κ1) is 15.9. The van der Waals surface area contributed by atoms with Crippen molar-refractivity contribution in [3.05, 3.63) is 58.9 Å². The highest BCUT2D eigenvalue weighted by Crippen LogP contribution is 2.33. The maximum absolute atomic E-state index is 12.8. The van der Waals surface area contributed by atoms with Gasteiger partial charge in [-0.05, 0) is 50.6 Å². The van der Waals surface area contributed by atoms with Crippen molar-refractivity contribution in [2.45, 2.75) is 38.9 Å². The summed E-state index contributed by atoms with van der Waals surface area (Å²) in [5.74, 6) is 0. The molecule has 1 aliphatic heterocycles. The summed E-state index contributed by atoms with van der Waals surface area (Å²) in [5, 5.41) is 3.75. The lowest BCUT2D eigenvalue weighted by Gasteiger charge is -2.39. The van der Waals surface area contributed by atoms with Gasteiger partial charge in [0.05, 0.1) is 6.04 Å². The maximum atomic E-state index is 12.8. The fourth-order valence-electron chi connectivity index (χ4n) is 3.02. The Bertz CT molecular complexity index is 717. The number of urea groups is 1. The molecule has 0 saturated carbocycles. The summed E-state index contributed by atoms with van der Waals surface area (Å²) < 4.78 is 2.20. The van der Waals surface area contributed by atoms with E-state index in [0.717, 1.165) is 17.8 Å². The molecule has 2 heterocycles. The van der Waals surface area contributed by atoms with Crippen LogP contribution < -0.4 is 5.32 Å². The third-order valence-electron chi connectivity index (χ3n) is 3.95. The van der Waals surface area contributed by atoms with Gasteiger partial charge in [-0.3, -0.25) is 0 Å². The Hall–Kier alpha value is -1.94. The predicted octanol–water partition coefficient (Wildman–Crippen LogP) is 4.05. The molecule has 1 aliphatic rings. The van der Waals surface area contributed by atoms with Gasteiger partial charge < -0.3 is 14.8 Å². The second-order valence-electron chi connectivity index (χ2n) is 6.96. The van der Waals surface area contributed by atoms with Gasteiger partial charge in [-0.1, -0.05) is 23.7 Å². The molecule has 1 N–H and O–H groups in total. The zero-order valence-electron chi connectivity index (χ0n) is 13.7. The zero-order valence-corrected chi connectivity index (χ0v) is 14.5. The standard InChI is InChI=1S/C18H22ClN3O/c1-18(2,3)20-17(23)22-11-10-21-9-5-8-15(21)16(22)13-6-4-7-14(19)12-13/h4-9,12,16H,10-11H2,1-3H3,(H,20,23)/t16-/m1/s1. The van der Waals surface area contributed by atoms with E-state index in [9.17, 15) is 4.79 Å². The highest BCUT2D eigenvalue weighted by Gasteiger charge is 2.33. The number of hydrogen-bond donors (Lipinski definition) is 1. The van der Waals surface area contributed by atoms with Crippen LogP contribution in [0.4, 0.5) is 4.79 Å². The van der Waals surface area contributed by atoms with Gasteiger partial charge >= 0.3 is 6.03 Å². The molecule has 2 aromatic rings. The number of rotatable bonds is 1. The number of halogens is 1. The molecule has 0 radical (unpaired) electrons. The quantitative estimate of drug-likeness (QED) is 0.840. The van der Waals surface area contributed by atoms with Crippen LogP contribution in [-0.4, -0.2) is 27.6 Å². The van der Waals surface area contributed by atoms with Crippen LogP contribution in [-0.2, 0) is 6.54 Å². The second-order valence-corrected chi connectivity index (χ2v) is 7.39. The Balaban J connectivity index is 2.00. The molecule has 122 valence electrons. The normalized spacial score (nSPS) is 17.7. The SMILES string of the molecule is CC(C)(C)NC(=O)N1CCn2cccc2[C@H]1c1cccc(Cl)c1. The molecule has 3 rings (SSSR count). The first-order valence-electron chi connectivity index (χ1n) is 7.84. The molecule has 1 aromatic heterocycles. The number of benzene rings is 1. The van der Waals surface area contributed by atoms with Crippen molar-refractivity contribution in [1.82, 2.24) is 14.8 Å². The van der Waals surface area contributed by atoms with Crippen molar-refractivity contribution in [1.29, 1.82) is 0 Å². The first-order chi connectivity index (χ1) is 10.8. The Kier molecular flexibility index (Phi) is 4.11. The van der Waals surface area contributed by atoms with E-state index in [1.54, 1.807) is 0 Å². The third-order valence-corrected chi connectivity index (χ3v) is 4.18. The fourth-order valence-corrected chi connectivity index (χ4v) is 3.22. The second kappa shape index (κ2) is 5.93. The topological polar surface area (TPSA) is 37.3 Å². The monoisotopic (exact) mass is 331 g/mol. The molecule has 0 saturated heterocycles. The Morgan fingerprint density at radius 3 is 2.70 bits per heavy atom. The van der Waals surface area contributed by atoms with Gasteiger partial charge in [0.15, 0.2) is 0 Å². The van der Waals surface area contributed by atoms with Crippen molar-refractivity contribution in [3.63, 3.8) is 0 Å². The van der Waals surface area contributed by atoms with Gasteiger partial charge in [0.1, 0.15) is 0 Å². The number of hydrogen-bond acceptors (Lipinski definition) is 1. The highest BCUT2D eigenvalue weighted by molar-refractivity contribution is 6.30. The van der Waals surface area contributed by atoms with Crippen LogP contribution in [0, 0.1) is 0 Å². The number of carbonyl (C=O) groups is 1. The van der Waals surface area contributed by atoms with Gasteiger partial charge in [0.2, 0.25) is 0 Å². The van der Waals surface area contributed by atoms with Crippen LogP contribution in [0.5, 0.6) is 0 Å². The van der Waals surface area contributed by atoms with Crippen molar-refractivity contribution < 1.29 is 4.79 Å². The molecule has 0 spiro atoms. The molecule has 0 unspecified atom stereocenters. The van der Waals surface area contributed by atoms with E-state index in [2.05, 4.69) is 22.1 Å². The molecule has 4 nitrogen and oxygen atoms in total. The van der Waals surface area contributed by atoms with Crippen molar-refractivity contribution in [2.24, 2.45) is 0 Å². The molecular weight excluding hydrogens is 310 g/mol. The Labute approximate surface area is 142 Å². The van der Waals surface area contributed by atoms with Gasteiger partial charge in [0.25, 0.3) is 0 Å². The maximum Gasteiger partial charge on any atom is 0.318 e. The lowest BCUT2D eigenvalue weighted by molar-refractivity contribution is 0.161. The molecule has 0 aliphatic carbocycles. The minimum Gasteiger partial charge on any atom is -0.348 e. The van der Waals surface area contributed by atoms with Crippen molar-refractivity contribution in [3.8, 4) is 0 Å². The largest absolute Gasteiger partial charge is 0.348 e. The Morgan fingerprint density at radius 2 is 2.00 bits per heavy atom. The van der Waals surface area contributed by atoms with E-state index in [0.29, 0.717) is 11.6 Å². The number of aromatic nitrogens is 1. The summed E-state index contributed by atoms with van der Waals surface area (Å²) in [4.78, 5) is 14.7. The minimum absolute atomic E-state index is 0.0464. The molecule has 1 atom stereocenters. The third kappa shape index (κ3) is 3.37. The molecular formula is C18H22ClN3O. The van der Waals surface area contributed by atoms with E-state index in [4.69, 9.17) is 11.6 Å². The van der Waals surface area contributed by atoms with Gasteiger partial charge in [-0.2, -0.15) is 0 Å². The molecule has 23 heavy (non-hydrogen) atoms. The molecule has 0 bridgehead atoms. The molecule has 2 amide bonds. The summed E-state index contributed by atoms with van der Waals surface area (Å²) in [6.45, 7) is 7.45. The smallest absolute Gasteiger partial charge is 0.318 e. The average Bonchev–Trinajstić information content (AvgIpc) is 2.92. The van der Waals surface area contributed by atoms with Crippen molar-refractivity contribution >= 4 is 17.6 Å². The van der Waals surface area contributed by atoms with Crippen LogP contribution in [0.25, 0.3) is 0 Å². The van der Waals surface area contributed by atoms with E-state index < -0.39 is 0 Å². The Morgan fingerprint density at radius 1 is 1.22 bits per heavy atom. The number of fused-ring (bicyclic) bond motifs is 1. The lowest BCUT2D eigenvalue weighted by atomic mass is 10.00. The van der Waals surface area contributed by atoms with Crippen LogP contribution in [0.2, 0.25) is 5.02 Å². The van der Waals surface area contributed by atoms with Crippen LogP contribution >= 0.6 is 11.6 Å². The molecule has 1 aromatic carbocycles. The highest BCUT2D eigenvalue weighted by atomic mass is 35.5. The number of nitrogens with zero attached hydrogens (tertiary/aromatic N) is 2. The zero-order chi connectivity index (χ0) is 16.6. The summed E-state index contributed by atoms with van der Waals surface area (Å²) >= 11 is 6.17. The van der Waals surface area contributed by atoms with E-state index in [-0.39, 0.29) is 17.6 Å². The van der Waals surface area contributed by atoms with Gasteiger partial charge in [-0.15, -0.1) is 0 Å². The van der Waals surface area contributed by atoms with E-state index in [1.165, 1.54) is 0 Å². The van der Waals surface area contributed by atoms with Crippen molar-refractivity contribution in [2.75, 3.05) is 6.54 Å². The number of amides is 2. The summed E-state index contributed by atoms with van der Waals surface area (Å²) in [6.07, 6.45) is 2.06. The number of carbonyl (C=O) groups excluding carboxylic acids is 1. The van der Waals surface area contributed by atoms with E-state index in [1.807, 2.05) is 56.0 Å². The van der Waals surface area contributed by atoms with E-state index >= 15 is 0 Å². The van der Waals surface area contributed by atoms with Crippen LogP contribution in [0.1, 0.15) is 38.1 Å². The molecule has 5 heteroatoms. The van der Waals surface area contributed by atoms with Crippen LogP contribution in [0.3, 0.4) is 0 Å². The summed E-state index contributed by atoms with van der Waals surface area (Å²) in [7, 11) is 0. The lowest BCUT2D eigenvalue weighted by Crippen LogP contribution is -2.52. The molecule has 0 fully saturated rings. The average molecular weight is 332 g/mol. The summed E-state index contributed by atoms with van der Waals surface area (Å²) in [6, 6.07) is 11.7. The first-order valence-corrected chi connectivity index (χ1v) is 8.22. The van der Waals surface area contributed by atoms with Gasteiger partial charge in [0, 0.05) is 35.5 Å². The summed E-state index contributed by atoms with van der Waals surface area (Å²) in [5.41, 5.74) is 1.87. The predicted molar refractivity (Wildman–Crippen MR) is 92.7 cm³/mol. The van der Waals surface area contributed by atoms with Gasteiger partial charge in [-0.25, -0.2) is 4.79 Å². The minimum atomic E-state index is -0.268. The van der Waals surface area contributed by atoms with Crippen LogP contribution in [0.15, 0.2) is 42.6 Å². The number of nitrogens with one attached hydrogen (secondary N) is 1. The fraction of sp³-hybridized carbons (Fsp3) is 0.389.